The molecule has 0 fully saturated rings. The first-order valence-electron chi connectivity index (χ1n) is 7.72. The topological polar surface area (TPSA) is 86.7 Å². The van der Waals surface area contributed by atoms with Crippen molar-refractivity contribution in [1.29, 1.82) is 0 Å². The van der Waals surface area contributed by atoms with E-state index in [1.54, 1.807) is 24.3 Å². The van der Waals surface area contributed by atoms with Gasteiger partial charge in [0.25, 0.3) is 0 Å². The van der Waals surface area contributed by atoms with Crippen molar-refractivity contribution in [3.63, 3.8) is 0 Å². The fraction of sp³-hybridized carbons (Fsp3) is 0.111. The van der Waals surface area contributed by atoms with Crippen molar-refractivity contribution in [3.05, 3.63) is 69.8 Å². The van der Waals surface area contributed by atoms with Crippen LogP contribution < -0.4 is 0 Å². The minimum atomic E-state index is -2.15. The number of rotatable bonds is 0. The van der Waals surface area contributed by atoms with Crippen molar-refractivity contribution in [3.8, 4) is 0 Å². The van der Waals surface area contributed by atoms with Crippen molar-refractivity contribution < 1.29 is 46.2 Å². The van der Waals surface area contributed by atoms with Crippen LogP contribution in [0.5, 0.6) is 0 Å². The summed E-state index contributed by atoms with van der Waals surface area (Å²) in [5, 5.41) is 0. The van der Waals surface area contributed by atoms with E-state index in [0.717, 1.165) is 0 Å². The van der Waals surface area contributed by atoms with E-state index in [2.05, 4.69) is 9.47 Å². The lowest BCUT2D eigenvalue weighted by Gasteiger charge is -2.00. The van der Waals surface area contributed by atoms with E-state index in [1.165, 1.54) is 0 Å². The minimum absolute atomic E-state index is 0.359. The number of esters is 4. The van der Waals surface area contributed by atoms with Crippen molar-refractivity contribution in [2.24, 2.45) is 0 Å². The van der Waals surface area contributed by atoms with Crippen molar-refractivity contribution in [2.75, 3.05) is 0 Å². The van der Waals surface area contributed by atoms with Crippen LogP contribution >= 0.6 is 0 Å². The predicted octanol–water partition coefficient (Wildman–Crippen LogP) is 3.58. The second-order valence-corrected chi connectivity index (χ2v) is 4.91. The number of carbonyl (C=O) groups excluding carboxylic acids is 4. The number of hydrogen-bond acceptors (Lipinski definition) is 6. The van der Waals surface area contributed by atoms with Crippen LogP contribution in [0, 0.1) is 23.3 Å². The second-order valence-electron chi connectivity index (χ2n) is 4.91. The fourth-order valence-electron chi connectivity index (χ4n) is 2.23. The van der Waals surface area contributed by atoms with Gasteiger partial charge >= 0.3 is 23.9 Å². The lowest BCUT2D eigenvalue weighted by Crippen LogP contribution is -2.07. The van der Waals surface area contributed by atoms with Crippen LogP contribution in [-0.2, 0) is 9.47 Å². The Labute approximate surface area is 154 Å². The summed E-state index contributed by atoms with van der Waals surface area (Å²) in [5.74, 6) is -12.3. The Balaban J connectivity index is 0.000000191. The molecule has 0 aliphatic carbocycles. The van der Waals surface area contributed by atoms with Gasteiger partial charge in [-0.15, -0.1) is 0 Å². The van der Waals surface area contributed by atoms with Gasteiger partial charge in [0.15, 0.2) is 23.3 Å². The van der Waals surface area contributed by atoms with Crippen molar-refractivity contribution in [1.82, 2.24) is 0 Å². The lowest BCUT2D eigenvalue weighted by molar-refractivity contribution is 0.0423. The summed E-state index contributed by atoms with van der Waals surface area (Å²) in [6.45, 7) is 4.00. The molecule has 2 aromatic carbocycles. The summed E-state index contributed by atoms with van der Waals surface area (Å²) < 4.78 is 59.3. The van der Waals surface area contributed by atoms with Gasteiger partial charge in [-0.1, -0.05) is 26.0 Å². The average molecular weight is 398 g/mol. The molecule has 0 bridgehead atoms. The van der Waals surface area contributed by atoms with Gasteiger partial charge in [0.2, 0.25) is 0 Å². The summed E-state index contributed by atoms with van der Waals surface area (Å²) in [5.41, 5.74) is -1.71. The normalized spacial score (nSPS) is 13.5. The van der Waals surface area contributed by atoms with Crippen LogP contribution in [0.4, 0.5) is 17.6 Å². The zero-order valence-corrected chi connectivity index (χ0v) is 14.3. The lowest BCUT2D eigenvalue weighted by atomic mass is 10.1. The molecule has 2 aliphatic rings. The third kappa shape index (κ3) is 3.36. The quantitative estimate of drug-likeness (QED) is 0.222. The molecular weight excluding hydrogens is 388 g/mol. The van der Waals surface area contributed by atoms with E-state index < -0.39 is 58.3 Å². The predicted molar refractivity (Wildman–Crippen MR) is 83.6 cm³/mol. The van der Waals surface area contributed by atoms with Crippen LogP contribution in [0.3, 0.4) is 0 Å². The van der Waals surface area contributed by atoms with Crippen LogP contribution in [0.1, 0.15) is 55.3 Å². The molecule has 0 amide bonds. The highest BCUT2D eigenvalue weighted by Gasteiger charge is 2.40. The largest absolute Gasteiger partial charge is 0.386 e. The maximum absolute atomic E-state index is 12.9. The van der Waals surface area contributed by atoms with Crippen LogP contribution in [0.15, 0.2) is 24.3 Å². The Morgan fingerprint density at radius 3 is 1.25 bits per heavy atom. The number of fused-ring (bicyclic) bond motifs is 2. The number of ether oxygens (including phenoxy) is 2. The Kier molecular flexibility index (Phi) is 5.92. The molecule has 10 heteroatoms. The first-order valence-corrected chi connectivity index (χ1v) is 7.72. The van der Waals surface area contributed by atoms with E-state index in [1.807, 2.05) is 13.8 Å². The monoisotopic (exact) mass is 398 g/mol. The molecular formula is C18H10F4O6. The van der Waals surface area contributed by atoms with Crippen LogP contribution in [0.25, 0.3) is 0 Å². The third-order valence-electron chi connectivity index (χ3n) is 3.41. The highest BCUT2D eigenvalue weighted by Crippen LogP contribution is 2.29. The molecule has 0 saturated heterocycles. The van der Waals surface area contributed by atoms with E-state index >= 15 is 0 Å². The molecule has 0 unspecified atom stereocenters. The SMILES string of the molecule is CC.O=C1OC(=O)c2c(F)c(F)c(F)c(F)c21.O=C1OC(=O)c2ccccc21. The molecule has 0 saturated carbocycles. The number of benzene rings is 2. The molecule has 0 aromatic heterocycles. The Hall–Kier alpha value is -3.56. The number of hydrogen-bond donors (Lipinski definition) is 0. The molecule has 4 rings (SSSR count). The first-order chi connectivity index (χ1) is 13.2. The van der Waals surface area contributed by atoms with Crippen molar-refractivity contribution in [2.45, 2.75) is 13.8 Å². The summed E-state index contributed by atoms with van der Waals surface area (Å²) in [6, 6.07) is 6.53. The molecule has 0 atom stereocenters. The van der Waals surface area contributed by atoms with E-state index in [4.69, 9.17) is 0 Å². The summed E-state index contributed by atoms with van der Waals surface area (Å²) >= 11 is 0. The van der Waals surface area contributed by atoms with Gasteiger partial charge in [0, 0.05) is 0 Å². The Morgan fingerprint density at radius 2 is 0.893 bits per heavy atom. The molecule has 6 nitrogen and oxygen atoms in total. The molecule has 2 aromatic rings. The summed E-state index contributed by atoms with van der Waals surface area (Å²) in [7, 11) is 0. The maximum atomic E-state index is 12.9. The standard InChI is InChI=1S/C8F4O3.C8H4O3.C2H6/c9-3-1-2(8(14)15-7(1)13)4(10)6(12)5(3)11;9-7-5-3-1-2-4-6(5)8(10)11-7;1-2/h;1-4H;1-2H3. The number of cyclic esters (lactones) is 4. The smallest absolute Gasteiger partial charge is 0.350 e. The van der Waals surface area contributed by atoms with Gasteiger partial charge in [-0.3, -0.25) is 0 Å². The van der Waals surface area contributed by atoms with Gasteiger partial charge in [-0.25, -0.2) is 36.7 Å². The van der Waals surface area contributed by atoms with Crippen molar-refractivity contribution >= 4 is 23.9 Å². The summed E-state index contributed by atoms with van der Waals surface area (Å²) in [6.07, 6.45) is 0. The number of halogens is 4. The molecule has 146 valence electrons. The summed E-state index contributed by atoms with van der Waals surface area (Å²) in [4.78, 5) is 43.2. The molecule has 0 N–H and O–H groups in total. The van der Waals surface area contributed by atoms with Gasteiger partial charge in [0.05, 0.1) is 11.1 Å². The minimum Gasteiger partial charge on any atom is -0.386 e. The fourth-order valence-corrected chi connectivity index (χ4v) is 2.23. The van der Waals surface area contributed by atoms with Gasteiger partial charge in [0.1, 0.15) is 11.1 Å². The van der Waals surface area contributed by atoms with E-state index in [0.29, 0.717) is 11.1 Å². The average Bonchev–Trinajstić information content (AvgIpc) is 3.16. The Bertz CT molecular complexity index is 938. The molecule has 0 spiro atoms. The zero-order chi connectivity index (χ0) is 21.2. The van der Waals surface area contributed by atoms with E-state index in [-0.39, 0.29) is 0 Å². The highest BCUT2D eigenvalue weighted by molar-refractivity contribution is 6.15. The third-order valence-corrected chi connectivity index (χ3v) is 3.41. The van der Waals surface area contributed by atoms with Crippen LogP contribution in [0.2, 0.25) is 0 Å². The molecule has 0 radical (unpaired) electrons. The van der Waals surface area contributed by atoms with Crippen LogP contribution in [-0.4, -0.2) is 23.9 Å². The zero-order valence-electron chi connectivity index (χ0n) is 14.3. The van der Waals surface area contributed by atoms with E-state index in [9.17, 15) is 36.7 Å². The molecule has 28 heavy (non-hydrogen) atoms. The maximum Gasteiger partial charge on any atom is 0.350 e. The molecule has 2 aliphatic heterocycles. The second kappa shape index (κ2) is 7.99. The van der Waals surface area contributed by atoms with Gasteiger partial charge in [-0.2, -0.15) is 0 Å². The first kappa shape index (κ1) is 20.7. The van der Waals surface area contributed by atoms with Gasteiger partial charge < -0.3 is 9.47 Å². The van der Waals surface area contributed by atoms with Gasteiger partial charge in [-0.05, 0) is 12.1 Å². The molecule has 2 heterocycles. The Morgan fingerprint density at radius 1 is 0.571 bits per heavy atom. The number of carbonyl (C=O) groups is 4. The highest BCUT2D eigenvalue weighted by atomic mass is 19.2.